The Hall–Kier alpha value is -1.92. The van der Waals surface area contributed by atoms with E-state index in [1.807, 2.05) is 34.9 Å². The van der Waals surface area contributed by atoms with Crippen molar-refractivity contribution < 1.29 is 14.3 Å². The van der Waals surface area contributed by atoms with Gasteiger partial charge in [0.15, 0.2) is 0 Å². The Balaban J connectivity index is 1.41. The molecular formula is C21H31N3O3. The predicted octanol–water partition coefficient (Wildman–Crippen LogP) is 1.75. The van der Waals surface area contributed by atoms with E-state index in [4.69, 9.17) is 4.74 Å². The molecule has 0 bridgehead atoms. The van der Waals surface area contributed by atoms with Crippen molar-refractivity contribution in [2.24, 2.45) is 0 Å². The molecule has 2 amide bonds. The Morgan fingerprint density at radius 3 is 2.19 bits per heavy atom. The van der Waals surface area contributed by atoms with E-state index in [-0.39, 0.29) is 24.0 Å². The summed E-state index contributed by atoms with van der Waals surface area (Å²) in [5.74, 6) is 0.273. The van der Waals surface area contributed by atoms with Gasteiger partial charge in [-0.15, -0.1) is 0 Å². The molecule has 0 radical (unpaired) electrons. The first-order valence-corrected chi connectivity index (χ1v) is 9.98. The second kappa shape index (κ2) is 9.33. The number of carbonyl (C=O) groups is 2. The van der Waals surface area contributed by atoms with Crippen molar-refractivity contribution in [2.45, 2.75) is 45.4 Å². The van der Waals surface area contributed by atoms with Crippen molar-refractivity contribution in [3.63, 3.8) is 0 Å². The highest BCUT2D eigenvalue weighted by molar-refractivity contribution is 5.82. The average molecular weight is 373 g/mol. The molecule has 148 valence electrons. The van der Waals surface area contributed by atoms with Crippen LogP contribution >= 0.6 is 0 Å². The molecule has 1 atom stereocenters. The van der Waals surface area contributed by atoms with Crippen LogP contribution in [0.4, 0.5) is 0 Å². The lowest BCUT2D eigenvalue weighted by atomic mass is 10.0. The van der Waals surface area contributed by atoms with Crippen molar-refractivity contribution >= 4 is 11.8 Å². The van der Waals surface area contributed by atoms with Gasteiger partial charge in [-0.3, -0.25) is 14.5 Å². The molecule has 27 heavy (non-hydrogen) atoms. The third-order valence-electron chi connectivity index (χ3n) is 5.75. The van der Waals surface area contributed by atoms with Gasteiger partial charge in [-0.2, -0.15) is 0 Å². The Morgan fingerprint density at radius 2 is 1.59 bits per heavy atom. The summed E-state index contributed by atoms with van der Waals surface area (Å²) in [6, 6.07) is 10.1. The topological polar surface area (TPSA) is 53.1 Å². The lowest BCUT2D eigenvalue weighted by Gasteiger charge is -2.40. The van der Waals surface area contributed by atoms with E-state index in [2.05, 4.69) is 17.0 Å². The minimum Gasteiger partial charge on any atom is -0.373 e. The van der Waals surface area contributed by atoms with Crippen molar-refractivity contribution in [1.29, 1.82) is 0 Å². The van der Waals surface area contributed by atoms with Crippen LogP contribution in [0.5, 0.6) is 0 Å². The molecule has 3 rings (SSSR count). The summed E-state index contributed by atoms with van der Waals surface area (Å²) in [5, 5.41) is 0. The van der Waals surface area contributed by atoms with Gasteiger partial charge in [-0.1, -0.05) is 30.3 Å². The summed E-state index contributed by atoms with van der Waals surface area (Å²) < 4.78 is 6.05. The molecule has 2 saturated heterocycles. The minimum atomic E-state index is -0.107. The Bertz CT molecular complexity index is 621. The second-order valence-corrected chi connectivity index (χ2v) is 7.54. The molecule has 1 aromatic carbocycles. The van der Waals surface area contributed by atoms with Crippen molar-refractivity contribution in [3.05, 3.63) is 35.9 Å². The van der Waals surface area contributed by atoms with Gasteiger partial charge in [0.2, 0.25) is 11.8 Å². The average Bonchev–Trinajstić information content (AvgIpc) is 2.72. The summed E-state index contributed by atoms with van der Waals surface area (Å²) in [6.07, 6.45) is 2.19. The number of piperidine rings is 1. The molecule has 0 spiro atoms. The fraction of sp³-hybridized carbons (Fsp3) is 0.619. The summed E-state index contributed by atoms with van der Waals surface area (Å²) in [7, 11) is 0. The lowest BCUT2D eigenvalue weighted by Crippen LogP contribution is -2.56. The third-order valence-corrected chi connectivity index (χ3v) is 5.75. The van der Waals surface area contributed by atoms with E-state index in [0.717, 1.165) is 25.9 Å². The molecule has 0 saturated carbocycles. The zero-order valence-electron chi connectivity index (χ0n) is 16.5. The van der Waals surface area contributed by atoms with Crippen LogP contribution < -0.4 is 0 Å². The molecule has 1 unspecified atom stereocenters. The number of carbonyl (C=O) groups excluding carboxylic acids is 2. The van der Waals surface area contributed by atoms with Crippen molar-refractivity contribution in [1.82, 2.24) is 14.7 Å². The largest absolute Gasteiger partial charge is 0.373 e. The molecular weight excluding hydrogens is 342 g/mol. The summed E-state index contributed by atoms with van der Waals surface area (Å²) in [5.41, 5.74) is 1.20. The number of hydrogen-bond acceptors (Lipinski definition) is 4. The number of rotatable bonds is 5. The zero-order valence-corrected chi connectivity index (χ0v) is 16.5. The maximum absolute atomic E-state index is 12.8. The number of likely N-dealkylation sites (tertiary alicyclic amines) is 1. The van der Waals surface area contributed by atoms with Gasteiger partial charge >= 0.3 is 0 Å². The maximum Gasteiger partial charge on any atom is 0.239 e. The fourth-order valence-corrected chi connectivity index (χ4v) is 3.88. The van der Waals surface area contributed by atoms with Crippen LogP contribution in [0.3, 0.4) is 0 Å². The summed E-state index contributed by atoms with van der Waals surface area (Å²) in [4.78, 5) is 30.2. The first-order chi connectivity index (χ1) is 13.0. The zero-order chi connectivity index (χ0) is 19.2. The molecule has 0 aliphatic carbocycles. The van der Waals surface area contributed by atoms with E-state index in [1.54, 1.807) is 6.92 Å². The van der Waals surface area contributed by atoms with Crippen LogP contribution in [0.15, 0.2) is 30.3 Å². The maximum atomic E-state index is 12.8. The molecule has 0 aromatic heterocycles. The van der Waals surface area contributed by atoms with Crippen molar-refractivity contribution in [3.8, 4) is 0 Å². The SMILES string of the molecule is CC(=O)N1CCN(C(=O)C(C)N2CCC(OCc3ccccc3)CC2)CC1. The number of benzene rings is 1. The highest BCUT2D eigenvalue weighted by Gasteiger charge is 2.31. The highest BCUT2D eigenvalue weighted by Crippen LogP contribution is 2.19. The quantitative estimate of drug-likeness (QED) is 0.789. The molecule has 6 heteroatoms. The Kier molecular flexibility index (Phi) is 6.85. The van der Waals surface area contributed by atoms with E-state index in [1.165, 1.54) is 5.56 Å². The number of ether oxygens (including phenoxy) is 1. The number of amides is 2. The van der Waals surface area contributed by atoms with Crippen LogP contribution in [0, 0.1) is 0 Å². The number of piperazine rings is 1. The van der Waals surface area contributed by atoms with E-state index in [0.29, 0.717) is 32.8 Å². The first-order valence-electron chi connectivity index (χ1n) is 9.98. The van der Waals surface area contributed by atoms with Gasteiger partial charge in [0.25, 0.3) is 0 Å². The van der Waals surface area contributed by atoms with E-state index < -0.39 is 0 Å². The van der Waals surface area contributed by atoms with Gasteiger partial charge in [0.05, 0.1) is 18.8 Å². The normalized spacial score (nSPS) is 20.5. The van der Waals surface area contributed by atoms with Gasteiger partial charge in [0.1, 0.15) is 0 Å². The van der Waals surface area contributed by atoms with Crippen molar-refractivity contribution in [2.75, 3.05) is 39.3 Å². The molecule has 6 nitrogen and oxygen atoms in total. The summed E-state index contributed by atoms with van der Waals surface area (Å²) in [6.45, 7) is 8.58. The van der Waals surface area contributed by atoms with Gasteiger partial charge in [-0.25, -0.2) is 0 Å². The first kappa shape index (κ1) is 19.8. The molecule has 2 aliphatic heterocycles. The van der Waals surface area contributed by atoms with E-state index >= 15 is 0 Å². The van der Waals surface area contributed by atoms with Gasteiger partial charge in [0, 0.05) is 46.2 Å². The van der Waals surface area contributed by atoms with Crippen LogP contribution in [0.25, 0.3) is 0 Å². The molecule has 1 aromatic rings. The smallest absolute Gasteiger partial charge is 0.239 e. The van der Waals surface area contributed by atoms with Gasteiger partial charge < -0.3 is 14.5 Å². The minimum absolute atomic E-state index is 0.0905. The third kappa shape index (κ3) is 5.30. The lowest BCUT2D eigenvalue weighted by molar-refractivity contribution is -0.142. The molecule has 2 heterocycles. The standard InChI is InChI=1S/C21H31N3O3/c1-17(21(26)24-14-12-23(13-15-24)18(2)25)22-10-8-20(9-11-22)27-16-19-6-4-3-5-7-19/h3-7,17,20H,8-16H2,1-2H3. The fourth-order valence-electron chi connectivity index (χ4n) is 3.88. The highest BCUT2D eigenvalue weighted by atomic mass is 16.5. The van der Waals surface area contributed by atoms with Gasteiger partial charge in [-0.05, 0) is 25.3 Å². The predicted molar refractivity (Wildman–Crippen MR) is 104 cm³/mol. The molecule has 2 aliphatic rings. The van der Waals surface area contributed by atoms with Crippen LogP contribution in [0.1, 0.15) is 32.3 Å². The second-order valence-electron chi connectivity index (χ2n) is 7.54. The molecule has 0 N–H and O–H groups in total. The van der Waals surface area contributed by atoms with Crippen LogP contribution in [-0.2, 0) is 20.9 Å². The van der Waals surface area contributed by atoms with E-state index in [9.17, 15) is 9.59 Å². The molecule has 2 fully saturated rings. The van der Waals surface area contributed by atoms with Crippen LogP contribution in [0.2, 0.25) is 0 Å². The monoisotopic (exact) mass is 373 g/mol. The van der Waals surface area contributed by atoms with Crippen LogP contribution in [-0.4, -0.2) is 77.9 Å². The number of nitrogens with zero attached hydrogens (tertiary/aromatic N) is 3. The summed E-state index contributed by atoms with van der Waals surface area (Å²) >= 11 is 0. The Morgan fingerprint density at radius 1 is 1.00 bits per heavy atom. The number of hydrogen-bond donors (Lipinski definition) is 0. The Labute approximate surface area is 162 Å².